The van der Waals surface area contributed by atoms with Crippen molar-refractivity contribution in [3.05, 3.63) is 59.9 Å². The minimum atomic E-state index is -0.175. The average Bonchev–Trinajstić information content (AvgIpc) is 2.49. The standard InChI is InChI=1S/C16H14FNOS/c17-15-4-1-2-5-16(15)20-11-3-10-19-14-8-6-13(12-18)7-9-14/h1-2,4-9H,3,10-11H2. The lowest BCUT2D eigenvalue weighted by molar-refractivity contribution is 0.318. The van der Waals surface area contributed by atoms with Crippen molar-refractivity contribution in [2.45, 2.75) is 11.3 Å². The molecule has 0 N–H and O–H groups in total. The second-order valence-corrected chi connectivity index (χ2v) is 5.25. The van der Waals surface area contributed by atoms with Crippen molar-refractivity contribution in [2.75, 3.05) is 12.4 Å². The van der Waals surface area contributed by atoms with E-state index in [4.69, 9.17) is 10.00 Å². The molecule has 0 amide bonds. The van der Waals surface area contributed by atoms with E-state index in [1.807, 2.05) is 6.07 Å². The molecule has 2 nitrogen and oxygen atoms in total. The highest BCUT2D eigenvalue weighted by Crippen LogP contribution is 2.21. The minimum Gasteiger partial charge on any atom is -0.494 e. The molecule has 0 aliphatic heterocycles. The lowest BCUT2D eigenvalue weighted by Crippen LogP contribution is -1.98. The Labute approximate surface area is 122 Å². The van der Waals surface area contributed by atoms with Gasteiger partial charge in [-0.3, -0.25) is 0 Å². The molecule has 4 heteroatoms. The first-order chi connectivity index (χ1) is 9.79. The summed E-state index contributed by atoms with van der Waals surface area (Å²) in [5, 5.41) is 8.68. The molecule has 0 radical (unpaired) electrons. The van der Waals surface area contributed by atoms with Crippen molar-refractivity contribution in [2.24, 2.45) is 0 Å². The molecular weight excluding hydrogens is 273 g/mol. The van der Waals surface area contributed by atoms with E-state index in [0.717, 1.165) is 17.9 Å². The molecule has 0 heterocycles. The molecule has 2 aromatic carbocycles. The molecule has 0 fully saturated rings. The molecule has 0 atom stereocenters. The molecule has 0 spiro atoms. The molecule has 0 saturated carbocycles. The maximum atomic E-state index is 13.4. The summed E-state index contributed by atoms with van der Waals surface area (Å²) in [5.41, 5.74) is 0.618. The van der Waals surface area contributed by atoms with Gasteiger partial charge in [0.25, 0.3) is 0 Å². The van der Waals surface area contributed by atoms with E-state index in [9.17, 15) is 4.39 Å². The second-order valence-electron chi connectivity index (χ2n) is 4.12. The largest absolute Gasteiger partial charge is 0.494 e. The van der Waals surface area contributed by atoms with Gasteiger partial charge in [0.1, 0.15) is 11.6 Å². The molecule has 20 heavy (non-hydrogen) atoms. The fraction of sp³-hybridized carbons (Fsp3) is 0.188. The number of nitriles is 1. The van der Waals surface area contributed by atoms with Gasteiger partial charge in [-0.1, -0.05) is 12.1 Å². The van der Waals surface area contributed by atoms with Gasteiger partial charge in [-0.25, -0.2) is 4.39 Å². The number of hydrogen-bond donors (Lipinski definition) is 0. The van der Waals surface area contributed by atoms with Crippen LogP contribution in [0.1, 0.15) is 12.0 Å². The van der Waals surface area contributed by atoms with Gasteiger partial charge in [0.15, 0.2) is 0 Å². The van der Waals surface area contributed by atoms with Crippen LogP contribution < -0.4 is 4.74 Å². The number of thioether (sulfide) groups is 1. The Bertz CT molecular complexity index is 592. The highest BCUT2D eigenvalue weighted by molar-refractivity contribution is 7.99. The van der Waals surface area contributed by atoms with Crippen molar-refractivity contribution >= 4 is 11.8 Å². The summed E-state index contributed by atoms with van der Waals surface area (Å²) in [6.07, 6.45) is 0.832. The van der Waals surface area contributed by atoms with E-state index in [1.54, 1.807) is 36.4 Å². The van der Waals surface area contributed by atoms with Crippen LogP contribution in [0.4, 0.5) is 4.39 Å². The molecule has 0 aliphatic carbocycles. The van der Waals surface area contributed by atoms with E-state index >= 15 is 0 Å². The van der Waals surface area contributed by atoms with Gasteiger partial charge in [-0.15, -0.1) is 11.8 Å². The van der Waals surface area contributed by atoms with Gasteiger partial charge < -0.3 is 4.74 Å². The van der Waals surface area contributed by atoms with Crippen molar-refractivity contribution in [3.8, 4) is 11.8 Å². The monoisotopic (exact) mass is 287 g/mol. The molecule has 2 aromatic rings. The van der Waals surface area contributed by atoms with Crippen molar-refractivity contribution in [1.29, 1.82) is 5.26 Å². The number of ether oxygens (including phenoxy) is 1. The third-order valence-electron chi connectivity index (χ3n) is 2.64. The molecule has 2 rings (SSSR count). The zero-order chi connectivity index (χ0) is 14.2. The van der Waals surface area contributed by atoms with Gasteiger partial charge in [0.05, 0.1) is 18.2 Å². The number of halogens is 1. The van der Waals surface area contributed by atoms with Crippen LogP contribution in [0.3, 0.4) is 0 Å². The fourth-order valence-electron chi connectivity index (χ4n) is 1.62. The highest BCUT2D eigenvalue weighted by Gasteiger charge is 2.01. The van der Waals surface area contributed by atoms with Gasteiger partial charge >= 0.3 is 0 Å². The van der Waals surface area contributed by atoms with Crippen molar-refractivity contribution in [3.63, 3.8) is 0 Å². The Morgan fingerprint density at radius 2 is 1.85 bits per heavy atom. The Morgan fingerprint density at radius 1 is 1.10 bits per heavy atom. The normalized spacial score (nSPS) is 10.0. The van der Waals surface area contributed by atoms with Crippen LogP contribution in [0.2, 0.25) is 0 Å². The van der Waals surface area contributed by atoms with Gasteiger partial charge in [-0.2, -0.15) is 5.26 Å². The summed E-state index contributed by atoms with van der Waals surface area (Å²) in [6.45, 7) is 0.577. The SMILES string of the molecule is N#Cc1ccc(OCCCSc2ccccc2F)cc1. The molecule has 0 bridgehead atoms. The maximum Gasteiger partial charge on any atom is 0.136 e. The molecular formula is C16H14FNOS. The third-order valence-corrected chi connectivity index (χ3v) is 3.77. The van der Waals surface area contributed by atoms with Crippen LogP contribution in [0.5, 0.6) is 5.75 Å². The van der Waals surface area contributed by atoms with Crippen LogP contribution in [0, 0.1) is 17.1 Å². The maximum absolute atomic E-state index is 13.4. The summed E-state index contributed by atoms with van der Waals surface area (Å²) >= 11 is 1.49. The number of rotatable bonds is 6. The quantitative estimate of drug-likeness (QED) is 0.588. The van der Waals surface area contributed by atoms with E-state index in [-0.39, 0.29) is 5.82 Å². The topological polar surface area (TPSA) is 33.0 Å². The highest BCUT2D eigenvalue weighted by atomic mass is 32.2. The zero-order valence-electron chi connectivity index (χ0n) is 10.9. The number of benzene rings is 2. The second kappa shape index (κ2) is 7.56. The van der Waals surface area contributed by atoms with Crippen LogP contribution in [0.25, 0.3) is 0 Å². The Balaban J connectivity index is 1.69. The first-order valence-corrected chi connectivity index (χ1v) is 7.28. The van der Waals surface area contributed by atoms with Crippen LogP contribution in [-0.2, 0) is 0 Å². The Morgan fingerprint density at radius 3 is 2.55 bits per heavy atom. The Kier molecular flexibility index (Phi) is 5.45. The first-order valence-electron chi connectivity index (χ1n) is 6.30. The smallest absolute Gasteiger partial charge is 0.136 e. The fourth-order valence-corrected chi connectivity index (χ4v) is 2.48. The average molecular weight is 287 g/mol. The molecule has 102 valence electrons. The lowest BCUT2D eigenvalue weighted by atomic mass is 10.2. The third kappa shape index (κ3) is 4.29. The molecule has 0 unspecified atom stereocenters. The summed E-state index contributed by atoms with van der Waals surface area (Å²) in [5.74, 6) is 1.38. The van der Waals surface area contributed by atoms with Crippen LogP contribution in [-0.4, -0.2) is 12.4 Å². The van der Waals surface area contributed by atoms with E-state index in [1.165, 1.54) is 17.8 Å². The zero-order valence-corrected chi connectivity index (χ0v) is 11.7. The minimum absolute atomic E-state index is 0.175. The lowest BCUT2D eigenvalue weighted by Gasteiger charge is -2.06. The van der Waals surface area contributed by atoms with E-state index in [0.29, 0.717) is 17.1 Å². The summed E-state index contributed by atoms with van der Waals surface area (Å²) in [6, 6.07) is 15.8. The predicted octanol–water partition coefficient (Wildman–Crippen LogP) is 4.26. The van der Waals surface area contributed by atoms with Crippen LogP contribution >= 0.6 is 11.8 Å². The van der Waals surface area contributed by atoms with Gasteiger partial charge in [-0.05, 0) is 42.8 Å². The number of nitrogens with zero attached hydrogens (tertiary/aromatic N) is 1. The molecule has 0 aromatic heterocycles. The molecule has 0 aliphatic rings. The van der Waals surface area contributed by atoms with Gasteiger partial charge in [0, 0.05) is 10.6 Å². The molecule has 0 saturated heterocycles. The van der Waals surface area contributed by atoms with Crippen LogP contribution in [0.15, 0.2) is 53.4 Å². The van der Waals surface area contributed by atoms with E-state index in [2.05, 4.69) is 6.07 Å². The van der Waals surface area contributed by atoms with E-state index < -0.39 is 0 Å². The van der Waals surface area contributed by atoms with Gasteiger partial charge in [0.2, 0.25) is 0 Å². The van der Waals surface area contributed by atoms with Crippen molar-refractivity contribution < 1.29 is 9.13 Å². The summed E-state index contributed by atoms with van der Waals surface area (Å²) in [4.78, 5) is 0.672. The summed E-state index contributed by atoms with van der Waals surface area (Å²) in [7, 11) is 0. The number of hydrogen-bond acceptors (Lipinski definition) is 3. The Hall–Kier alpha value is -1.99. The summed E-state index contributed by atoms with van der Waals surface area (Å²) < 4.78 is 18.9. The van der Waals surface area contributed by atoms with Crippen molar-refractivity contribution in [1.82, 2.24) is 0 Å². The predicted molar refractivity (Wildman–Crippen MR) is 78.4 cm³/mol. The first kappa shape index (κ1) is 14.4.